The first-order valence-electron chi connectivity index (χ1n) is 9.75. The predicted octanol–water partition coefficient (Wildman–Crippen LogP) is 4.54. The molecule has 0 saturated carbocycles. The maximum absolute atomic E-state index is 12.2. The molecular formula is C23H23N3O2S. The molecule has 1 N–H and O–H groups in total. The van der Waals surface area contributed by atoms with Crippen LogP contribution in [0.1, 0.15) is 21.9 Å². The van der Waals surface area contributed by atoms with E-state index in [0.717, 1.165) is 40.5 Å². The molecule has 2 aromatic heterocycles. The molecule has 0 unspecified atom stereocenters. The third-order valence-electron chi connectivity index (χ3n) is 4.65. The fourth-order valence-electron chi connectivity index (χ4n) is 3.28. The molecule has 0 atom stereocenters. The van der Waals surface area contributed by atoms with Gasteiger partial charge in [0.15, 0.2) is 0 Å². The minimum absolute atomic E-state index is 0.0288. The first-order valence-corrected chi connectivity index (χ1v) is 10.6. The second kappa shape index (κ2) is 9.39. The van der Waals surface area contributed by atoms with Crippen LogP contribution in [0.2, 0.25) is 0 Å². The summed E-state index contributed by atoms with van der Waals surface area (Å²) in [5.41, 5.74) is 2.10. The fourth-order valence-corrected chi connectivity index (χ4v) is 3.92. The van der Waals surface area contributed by atoms with Crippen molar-refractivity contribution in [3.05, 3.63) is 82.8 Å². The highest BCUT2D eigenvalue weighted by Crippen LogP contribution is 2.17. The molecule has 0 bridgehead atoms. The molecule has 0 aliphatic carbocycles. The molecule has 4 rings (SSSR count). The lowest BCUT2D eigenvalue weighted by atomic mass is 10.3. The molecule has 148 valence electrons. The molecular weight excluding hydrogens is 382 g/mol. The third kappa shape index (κ3) is 4.84. The van der Waals surface area contributed by atoms with Crippen LogP contribution in [0.5, 0.6) is 5.75 Å². The van der Waals surface area contributed by atoms with Gasteiger partial charge in [0, 0.05) is 19.5 Å². The van der Waals surface area contributed by atoms with E-state index in [2.05, 4.69) is 16.0 Å². The monoisotopic (exact) mass is 405 g/mol. The second-order valence-corrected chi connectivity index (χ2v) is 7.61. The molecule has 0 spiro atoms. The van der Waals surface area contributed by atoms with Crippen LogP contribution in [0, 0.1) is 0 Å². The number of hydrogen-bond donors (Lipinski definition) is 1. The number of carbonyl (C=O) groups is 1. The van der Waals surface area contributed by atoms with Crippen molar-refractivity contribution in [2.75, 3.05) is 13.2 Å². The molecule has 2 heterocycles. The van der Waals surface area contributed by atoms with E-state index in [9.17, 15) is 4.79 Å². The van der Waals surface area contributed by atoms with Crippen molar-refractivity contribution in [2.24, 2.45) is 0 Å². The van der Waals surface area contributed by atoms with Crippen LogP contribution in [-0.2, 0) is 13.0 Å². The quantitative estimate of drug-likeness (QED) is 0.416. The Morgan fingerprint density at radius 2 is 1.86 bits per heavy atom. The highest BCUT2D eigenvalue weighted by Gasteiger charge is 2.11. The maximum Gasteiger partial charge on any atom is 0.261 e. The van der Waals surface area contributed by atoms with Crippen LogP contribution in [0.3, 0.4) is 0 Å². The Hall–Kier alpha value is -3.12. The van der Waals surface area contributed by atoms with Gasteiger partial charge in [-0.25, -0.2) is 4.98 Å². The summed E-state index contributed by atoms with van der Waals surface area (Å²) in [5.74, 6) is 1.84. The number of amides is 1. The van der Waals surface area contributed by atoms with Gasteiger partial charge in [0.1, 0.15) is 11.6 Å². The summed E-state index contributed by atoms with van der Waals surface area (Å²) in [6.07, 6.45) is 1.56. The number of para-hydroxylation sites is 3. The van der Waals surface area contributed by atoms with Crippen LogP contribution in [0.4, 0.5) is 0 Å². The van der Waals surface area contributed by atoms with E-state index >= 15 is 0 Å². The molecule has 29 heavy (non-hydrogen) atoms. The lowest BCUT2D eigenvalue weighted by molar-refractivity contribution is 0.0958. The van der Waals surface area contributed by atoms with Gasteiger partial charge in [-0.1, -0.05) is 36.4 Å². The van der Waals surface area contributed by atoms with Gasteiger partial charge in [0.2, 0.25) is 0 Å². The van der Waals surface area contributed by atoms with Crippen molar-refractivity contribution >= 4 is 28.3 Å². The van der Waals surface area contributed by atoms with Crippen molar-refractivity contribution in [3.63, 3.8) is 0 Å². The van der Waals surface area contributed by atoms with Gasteiger partial charge >= 0.3 is 0 Å². The molecule has 0 saturated heterocycles. The zero-order valence-corrected chi connectivity index (χ0v) is 16.9. The number of ether oxygens (including phenoxy) is 1. The first-order chi connectivity index (χ1) is 14.3. The van der Waals surface area contributed by atoms with Gasteiger partial charge < -0.3 is 14.6 Å². The number of fused-ring (bicyclic) bond motifs is 1. The Morgan fingerprint density at radius 3 is 2.69 bits per heavy atom. The van der Waals surface area contributed by atoms with Gasteiger partial charge in [0.25, 0.3) is 5.91 Å². The Morgan fingerprint density at radius 1 is 1.03 bits per heavy atom. The summed E-state index contributed by atoms with van der Waals surface area (Å²) in [7, 11) is 0. The maximum atomic E-state index is 12.2. The Bertz CT molecular complexity index is 1060. The SMILES string of the molecule is O=C(NCCc1nc2ccccc2n1CCCOc1ccccc1)c1cccs1. The number of aryl methyl sites for hydroxylation is 1. The molecule has 0 aliphatic rings. The van der Waals surface area contributed by atoms with Crippen molar-refractivity contribution < 1.29 is 9.53 Å². The number of rotatable bonds is 9. The summed E-state index contributed by atoms with van der Waals surface area (Å²) in [6, 6.07) is 21.7. The molecule has 6 heteroatoms. The molecule has 4 aromatic rings. The molecule has 1 amide bonds. The summed E-state index contributed by atoms with van der Waals surface area (Å²) < 4.78 is 8.06. The molecule has 5 nitrogen and oxygen atoms in total. The zero-order chi connectivity index (χ0) is 19.9. The van der Waals surface area contributed by atoms with E-state index in [1.54, 1.807) is 0 Å². The average Bonchev–Trinajstić information content (AvgIpc) is 3.40. The average molecular weight is 406 g/mol. The summed E-state index contributed by atoms with van der Waals surface area (Å²) in [6.45, 7) is 2.02. The first kappa shape index (κ1) is 19.2. The Kier molecular flexibility index (Phi) is 6.22. The fraction of sp³-hybridized carbons (Fsp3) is 0.217. The molecule has 0 aliphatic heterocycles. The van der Waals surface area contributed by atoms with Crippen molar-refractivity contribution in [1.82, 2.24) is 14.9 Å². The van der Waals surface area contributed by atoms with Crippen LogP contribution < -0.4 is 10.1 Å². The van der Waals surface area contributed by atoms with E-state index < -0.39 is 0 Å². The smallest absolute Gasteiger partial charge is 0.261 e. The van der Waals surface area contributed by atoms with Gasteiger partial charge in [-0.15, -0.1) is 11.3 Å². The summed E-state index contributed by atoms with van der Waals surface area (Å²) in [5, 5.41) is 4.90. The minimum atomic E-state index is -0.0288. The molecule has 2 aromatic carbocycles. The number of carbonyl (C=O) groups excluding carboxylic acids is 1. The van der Waals surface area contributed by atoms with Gasteiger partial charge in [0.05, 0.1) is 22.5 Å². The van der Waals surface area contributed by atoms with Crippen molar-refractivity contribution in [1.29, 1.82) is 0 Å². The predicted molar refractivity (Wildman–Crippen MR) is 117 cm³/mol. The van der Waals surface area contributed by atoms with Gasteiger partial charge in [-0.05, 0) is 42.1 Å². The van der Waals surface area contributed by atoms with Crippen LogP contribution in [-0.4, -0.2) is 28.6 Å². The normalized spacial score (nSPS) is 10.9. The highest BCUT2D eigenvalue weighted by atomic mass is 32.1. The lowest BCUT2D eigenvalue weighted by Gasteiger charge is -2.11. The number of aromatic nitrogens is 2. The van der Waals surface area contributed by atoms with E-state index in [1.165, 1.54) is 11.3 Å². The van der Waals surface area contributed by atoms with Crippen LogP contribution in [0.15, 0.2) is 72.1 Å². The topological polar surface area (TPSA) is 56.2 Å². The van der Waals surface area contributed by atoms with Gasteiger partial charge in [-0.2, -0.15) is 0 Å². The largest absolute Gasteiger partial charge is 0.494 e. The molecule has 0 fully saturated rings. The minimum Gasteiger partial charge on any atom is -0.494 e. The summed E-state index contributed by atoms with van der Waals surface area (Å²) in [4.78, 5) is 17.7. The zero-order valence-electron chi connectivity index (χ0n) is 16.1. The number of thiophene rings is 1. The van der Waals surface area contributed by atoms with E-state index in [-0.39, 0.29) is 5.91 Å². The number of hydrogen-bond acceptors (Lipinski definition) is 4. The highest BCUT2D eigenvalue weighted by molar-refractivity contribution is 7.12. The third-order valence-corrected chi connectivity index (χ3v) is 5.52. The number of nitrogens with one attached hydrogen (secondary N) is 1. The van der Waals surface area contributed by atoms with Crippen molar-refractivity contribution in [2.45, 2.75) is 19.4 Å². The second-order valence-electron chi connectivity index (χ2n) is 6.67. The Balaban J connectivity index is 1.38. The number of imidazole rings is 1. The standard InChI is InChI=1S/C23H23N3O2S/c27-23(21-12-6-17-29-21)24-14-13-22-25-19-10-4-5-11-20(19)26(22)15-7-16-28-18-8-2-1-3-9-18/h1-6,8-12,17H,7,13-16H2,(H,24,27). The lowest BCUT2D eigenvalue weighted by Crippen LogP contribution is -2.25. The molecule has 0 radical (unpaired) electrons. The van der Waals surface area contributed by atoms with E-state index in [0.29, 0.717) is 19.6 Å². The summed E-state index contributed by atoms with van der Waals surface area (Å²) >= 11 is 1.45. The number of benzene rings is 2. The van der Waals surface area contributed by atoms with Crippen LogP contribution >= 0.6 is 11.3 Å². The van der Waals surface area contributed by atoms with Gasteiger partial charge in [-0.3, -0.25) is 4.79 Å². The van der Waals surface area contributed by atoms with E-state index in [1.807, 2.05) is 66.0 Å². The number of nitrogens with zero attached hydrogens (tertiary/aromatic N) is 2. The van der Waals surface area contributed by atoms with E-state index in [4.69, 9.17) is 9.72 Å². The van der Waals surface area contributed by atoms with Crippen LogP contribution in [0.25, 0.3) is 11.0 Å². The Labute approximate surface area is 174 Å². The van der Waals surface area contributed by atoms with Crippen molar-refractivity contribution in [3.8, 4) is 5.75 Å².